The summed E-state index contributed by atoms with van der Waals surface area (Å²) in [6, 6.07) is 7.05. The number of ether oxygens (including phenoxy) is 2. The quantitative estimate of drug-likeness (QED) is 0.914. The molecule has 0 aliphatic rings. The number of benzene rings is 1. The van der Waals surface area contributed by atoms with E-state index >= 15 is 0 Å². The molecule has 0 amide bonds. The Morgan fingerprint density at radius 2 is 1.68 bits per heavy atom. The minimum atomic E-state index is 0.0812. The molecule has 0 aliphatic heterocycles. The number of nitrogens with zero attached hydrogens (tertiary/aromatic N) is 1. The summed E-state index contributed by atoms with van der Waals surface area (Å²) >= 11 is 0. The molecule has 1 N–H and O–H groups in total. The predicted octanol–water partition coefficient (Wildman–Crippen LogP) is 2.97. The Balaban J connectivity index is 2.34. The van der Waals surface area contributed by atoms with Gasteiger partial charge in [-0.1, -0.05) is 12.2 Å². The van der Waals surface area contributed by atoms with Gasteiger partial charge in [-0.05, 0) is 23.8 Å². The van der Waals surface area contributed by atoms with Crippen LogP contribution in [-0.2, 0) is 0 Å². The maximum absolute atomic E-state index is 9.78. The summed E-state index contributed by atoms with van der Waals surface area (Å²) in [6.45, 7) is 0. The van der Waals surface area contributed by atoms with Gasteiger partial charge < -0.3 is 14.6 Å². The minimum absolute atomic E-state index is 0.0812. The zero-order chi connectivity index (χ0) is 13.7. The van der Waals surface area contributed by atoms with Crippen LogP contribution in [0.1, 0.15) is 11.1 Å². The van der Waals surface area contributed by atoms with Crippen molar-refractivity contribution in [1.29, 1.82) is 0 Å². The Hall–Kier alpha value is -2.49. The standard InChI is InChI=1S/C15H15NO3/c1-18-14-10-15(19-2)13(17)9-12(14)4-3-11-5-7-16-8-6-11/h3-10,17H,1-2H3/b4-3+. The normalized spacial score (nSPS) is 10.6. The third-order valence-corrected chi connectivity index (χ3v) is 2.69. The largest absolute Gasteiger partial charge is 0.504 e. The Kier molecular flexibility index (Phi) is 4.03. The molecule has 98 valence electrons. The third kappa shape index (κ3) is 3.04. The lowest BCUT2D eigenvalue weighted by atomic mass is 10.1. The second-order valence-electron chi connectivity index (χ2n) is 3.88. The number of aromatic nitrogens is 1. The second-order valence-corrected chi connectivity index (χ2v) is 3.88. The first-order valence-electron chi connectivity index (χ1n) is 5.77. The zero-order valence-corrected chi connectivity index (χ0v) is 10.8. The monoisotopic (exact) mass is 257 g/mol. The molecule has 2 rings (SSSR count). The molecule has 0 fully saturated rings. The fourth-order valence-corrected chi connectivity index (χ4v) is 1.70. The topological polar surface area (TPSA) is 51.6 Å². The number of rotatable bonds is 4. The van der Waals surface area contributed by atoms with Gasteiger partial charge in [-0.25, -0.2) is 0 Å². The highest BCUT2D eigenvalue weighted by molar-refractivity contribution is 5.74. The first-order valence-corrected chi connectivity index (χ1v) is 5.77. The van der Waals surface area contributed by atoms with Gasteiger partial charge in [0.2, 0.25) is 0 Å². The fourth-order valence-electron chi connectivity index (χ4n) is 1.70. The van der Waals surface area contributed by atoms with Gasteiger partial charge in [-0.3, -0.25) is 4.98 Å². The molecule has 1 heterocycles. The molecule has 4 nitrogen and oxygen atoms in total. The first kappa shape index (κ1) is 13.0. The molecule has 0 radical (unpaired) electrons. The van der Waals surface area contributed by atoms with E-state index in [1.165, 1.54) is 7.11 Å². The Labute approximate surface area is 111 Å². The van der Waals surface area contributed by atoms with E-state index in [9.17, 15) is 5.11 Å². The van der Waals surface area contributed by atoms with Crippen LogP contribution < -0.4 is 9.47 Å². The van der Waals surface area contributed by atoms with Crippen LogP contribution in [0, 0.1) is 0 Å². The van der Waals surface area contributed by atoms with Crippen molar-refractivity contribution in [3.8, 4) is 17.2 Å². The van der Waals surface area contributed by atoms with Crippen molar-refractivity contribution in [3.63, 3.8) is 0 Å². The molecule has 1 aromatic heterocycles. The number of pyridine rings is 1. The van der Waals surface area contributed by atoms with Crippen molar-refractivity contribution < 1.29 is 14.6 Å². The van der Waals surface area contributed by atoms with Crippen LogP contribution >= 0.6 is 0 Å². The Morgan fingerprint density at radius 1 is 1.00 bits per heavy atom. The maximum Gasteiger partial charge on any atom is 0.164 e. The van der Waals surface area contributed by atoms with Crippen molar-refractivity contribution in [3.05, 3.63) is 47.8 Å². The van der Waals surface area contributed by atoms with Crippen molar-refractivity contribution in [1.82, 2.24) is 4.98 Å². The van der Waals surface area contributed by atoms with Crippen LogP contribution in [0.3, 0.4) is 0 Å². The molecule has 2 aromatic rings. The lowest BCUT2D eigenvalue weighted by Crippen LogP contribution is -1.90. The van der Waals surface area contributed by atoms with E-state index in [-0.39, 0.29) is 5.75 Å². The van der Waals surface area contributed by atoms with Gasteiger partial charge in [0.05, 0.1) is 14.2 Å². The summed E-state index contributed by atoms with van der Waals surface area (Å²) in [4.78, 5) is 3.96. The van der Waals surface area contributed by atoms with Gasteiger partial charge >= 0.3 is 0 Å². The summed E-state index contributed by atoms with van der Waals surface area (Å²) in [6.07, 6.45) is 7.24. The Morgan fingerprint density at radius 3 is 2.32 bits per heavy atom. The van der Waals surface area contributed by atoms with E-state index in [0.717, 1.165) is 11.1 Å². The Bertz CT molecular complexity index is 579. The SMILES string of the molecule is COc1cc(OC)c(/C=C/c2ccncc2)cc1O. The molecule has 0 aliphatic carbocycles. The zero-order valence-electron chi connectivity index (χ0n) is 10.8. The lowest BCUT2D eigenvalue weighted by Gasteiger charge is -2.09. The summed E-state index contributed by atoms with van der Waals surface area (Å²) in [5.74, 6) is 1.11. The van der Waals surface area contributed by atoms with E-state index in [2.05, 4.69) is 4.98 Å². The average molecular weight is 257 g/mol. The van der Waals surface area contributed by atoms with Gasteiger partial charge in [-0.2, -0.15) is 0 Å². The molecule has 1 aromatic carbocycles. The predicted molar refractivity (Wildman–Crippen MR) is 74.4 cm³/mol. The van der Waals surface area contributed by atoms with Crippen molar-refractivity contribution in [2.75, 3.05) is 14.2 Å². The molecule has 19 heavy (non-hydrogen) atoms. The van der Waals surface area contributed by atoms with Gasteiger partial charge in [0.25, 0.3) is 0 Å². The molecule has 0 atom stereocenters. The number of aromatic hydroxyl groups is 1. The van der Waals surface area contributed by atoms with E-state index in [0.29, 0.717) is 11.5 Å². The second kappa shape index (κ2) is 5.91. The minimum Gasteiger partial charge on any atom is -0.504 e. The third-order valence-electron chi connectivity index (χ3n) is 2.69. The molecule has 0 bridgehead atoms. The highest BCUT2D eigenvalue weighted by atomic mass is 16.5. The number of phenols is 1. The van der Waals surface area contributed by atoms with Crippen LogP contribution in [-0.4, -0.2) is 24.3 Å². The van der Waals surface area contributed by atoms with Crippen molar-refractivity contribution in [2.45, 2.75) is 0 Å². The molecular formula is C15H15NO3. The molecule has 0 saturated carbocycles. The lowest BCUT2D eigenvalue weighted by molar-refractivity contribution is 0.364. The van der Waals surface area contributed by atoms with Crippen LogP contribution in [0.2, 0.25) is 0 Å². The molecule has 0 unspecified atom stereocenters. The first-order chi connectivity index (χ1) is 9.24. The highest BCUT2D eigenvalue weighted by Gasteiger charge is 2.08. The summed E-state index contributed by atoms with van der Waals surface area (Å²) in [5, 5.41) is 9.78. The van der Waals surface area contributed by atoms with Crippen LogP contribution in [0.4, 0.5) is 0 Å². The van der Waals surface area contributed by atoms with E-state index in [1.54, 1.807) is 31.6 Å². The smallest absolute Gasteiger partial charge is 0.164 e. The molecule has 0 spiro atoms. The maximum atomic E-state index is 9.78. The average Bonchev–Trinajstić information content (AvgIpc) is 2.46. The summed E-state index contributed by atoms with van der Waals surface area (Å²) in [7, 11) is 3.08. The van der Waals surface area contributed by atoms with Gasteiger partial charge in [0.1, 0.15) is 5.75 Å². The number of hydrogen-bond donors (Lipinski definition) is 1. The molecule has 0 saturated heterocycles. The molecular weight excluding hydrogens is 242 g/mol. The van der Waals surface area contributed by atoms with E-state index in [1.807, 2.05) is 24.3 Å². The fraction of sp³-hybridized carbons (Fsp3) is 0.133. The number of methoxy groups -OCH3 is 2. The number of hydrogen-bond acceptors (Lipinski definition) is 4. The van der Waals surface area contributed by atoms with Crippen LogP contribution in [0.5, 0.6) is 17.2 Å². The van der Waals surface area contributed by atoms with E-state index < -0.39 is 0 Å². The van der Waals surface area contributed by atoms with E-state index in [4.69, 9.17) is 9.47 Å². The van der Waals surface area contributed by atoms with Gasteiger partial charge in [-0.15, -0.1) is 0 Å². The summed E-state index contributed by atoms with van der Waals surface area (Å²) < 4.78 is 10.3. The van der Waals surface area contributed by atoms with Gasteiger partial charge in [0.15, 0.2) is 11.5 Å². The summed E-state index contributed by atoms with van der Waals surface area (Å²) in [5.41, 5.74) is 1.80. The highest BCUT2D eigenvalue weighted by Crippen LogP contribution is 2.34. The van der Waals surface area contributed by atoms with Crippen molar-refractivity contribution >= 4 is 12.2 Å². The molecule has 4 heteroatoms. The van der Waals surface area contributed by atoms with Crippen molar-refractivity contribution in [2.24, 2.45) is 0 Å². The van der Waals surface area contributed by atoms with Crippen LogP contribution in [0.15, 0.2) is 36.7 Å². The number of phenolic OH excluding ortho intramolecular Hbond substituents is 1. The van der Waals surface area contributed by atoms with Crippen LogP contribution in [0.25, 0.3) is 12.2 Å². The van der Waals surface area contributed by atoms with Gasteiger partial charge in [0, 0.05) is 24.0 Å².